The molecule has 0 aliphatic rings. The van der Waals surface area contributed by atoms with Crippen LogP contribution in [0.1, 0.15) is 0 Å². The van der Waals surface area contributed by atoms with Crippen molar-refractivity contribution in [2.45, 2.75) is 0 Å². The van der Waals surface area contributed by atoms with Gasteiger partial charge in [-0.1, -0.05) is 0 Å². The van der Waals surface area contributed by atoms with Gasteiger partial charge in [0.2, 0.25) is 0 Å². The van der Waals surface area contributed by atoms with E-state index < -0.39 is 31.2 Å². The predicted octanol–water partition coefficient (Wildman–Crippen LogP) is -2.64. The van der Waals surface area contributed by atoms with E-state index >= 15 is 0 Å². The van der Waals surface area contributed by atoms with E-state index in [1.54, 1.807) is 0 Å². The quantitative estimate of drug-likeness (QED) is 0.179. The van der Waals surface area contributed by atoms with Crippen molar-refractivity contribution in [3.63, 3.8) is 0 Å². The van der Waals surface area contributed by atoms with E-state index in [1.165, 1.54) is 0 Å². The maximum atomic E-state index is 8.52. The third-order valence-electron chi connectivity index (χ3n) is 0. The second-order valence-corrected chi connectivity index (χ2v) is 5.55. The minimum atomic E-state index is -5.17. The standard InChI is InChI=1S/2ClH.3Fe.3H2O4S/c;;;;;3*1-5(2,3)4/h2*1H;;;;3*(H2,1,2,3,4)/q;;+2;2*+3;;;/p-8. The molecule has 20 heavy (non-hydrogen) atoms. The number of hydrogen-bond donors (Lipinski definition) is 0. The van der Waals surface area contributed by atoms with E-state index in [1.807, 2.05) is 0 Å². The molecule has 0 heterocycles. The van der Waals surface area contributed by atoms with Crippen LogP contribution < -0.4 is 0 Å². The Balaban J connectivity index is -0.0000000321. The molecule has 0 aromatic carbocycles. The van der Waals surface area contributed by atoms with Gasteiger partial charge in [-0.3, -0.25) is 25.3 Å². The minimum absolute atomic E-state index is 0. The molecule has 0 saturated heterocycles. The first kappa shape index (κ1) is 37.8. The van der Waals surface area contributed by atoms with E-state index in [4.69, 9.17) is 72.8 Å². The van der Waals surface area contributed by atoms with Crippen molar-refractivity contribution in [3.8, 4) is 0 Å². The third kappa shape index (κ3) is 2270. The van der Waals surface area contributed by atoms with Gasteiger partial charge in [-0.15, -0.1) is 0 Å². The molecule has 0 N–H and O–H groups in total. The summed E-state index contributed by atoms with van der Waals surface area (Å²) in [6.45, 7) is 0. The summed E-state index contributed by atoms with van der Waals surface area (Å²) in [5.74, 6) is 0. The predicted molar refractivity (Wildman–Crippen MR) is 43.1 cm³/mol. The molecule has 0 aromatic rings. The van der Waals surface area contributed by atoms with Crippen LogP contribution in [-0.2, 0) is 78.5 Å². The maximum Gasteiger partial charge on any atom is 3.00 e. The van der Waals surface area contributed by atoms with Crippen LogP contribution in [0.25, 0.3) is 0 Å². The van der Waals surface area contributed by atoms with E-state index in [2.05, 4.69) is 0 Å². The van der Waals surface area contributed by atoms with E-state index in [9.17, 15) is 0 Å². The normalized spacial score (nSPS) is 9.80. The number of halogens is 2. The summed E-state index contributed by atoms with van der Waals surface area (Å²) in [5.41, 5.74) is 0. The molecule has 0 bridgehead atoms. The van der Waals surface area contributed by atoms with Crippen molar-refractivity contribution in [2.75, 3.05) is 0 Å². The van der Waals surface area contributed by atoms with Crippen LogP contribution in [-0.4, -0.2) is 52.6 Å². The summed E-state index contributed by atoms with van der Waals surface area (Å²) < 4.78 is 102. The first-order valence-electron chi connectivity index (χ1n) is 2.27. The van der Waals surface area contributed by atoms with Crippen molar-refractivity contribution in [3.05, 3.63) is 0 Å². The van der Waals surface area contributed by atoms with Crippen molar-refractivity contribution in [1.82, 2.24) is 0 Å². The molecule has 20 heteroatoms. The second kappa shape index (κ2) is 18.8. The summed E-state index contributed by atoms with van der Waals surface area (Å²) in [5, 5.41) is 0. The van der Waals surface area contributed by atoms with Crippen LogP contribution >= 0.6 is 20.2 Å². The summed E-state index contributed by atoms with van der Waals surface area (Å²) >= 11 is 0.194. The SMILES string of the molecule is O=S(=O)([O-])[O-].O=S(=O)([O-])[O-].O=S(=O)([O-])[O-].[Cl][Fe][Cl].[Fe+3].[Fe+3]. The molecular weight excluding hydrogens is 527 g/mol. The van der Waals surface area contributed by atoms with Crippen LogP contribution in [0.4, 0.5) is 0 Å². The molecule has 0 spiro atoms. The van der Waals surface area contributed by atoms with E-state index in [-0.39, 0.29) is 47.3 Å². The fraction of sp³-hybridized carbons (Fsp3) is 0. The number of hydrogen-bond acceptors (Lipinski definition) is 12. The summed E-state index contributed by atoms with van der Waals surface area (Å²) in [7, 11) is -5.97. The Morgan fingerprint density at radius 1 is 0.550 bits per heavy atom. The Bertz CT molecular complexity index is 367. The van der Waals surface area contributed by atoms with Gasteiger partial charge < -0.3 is 27.3 Å². The zero-order chi connectivity index (χ0) is 16.2. The molecule has 0 aliphatic carbocycles. The summed E-state index contributed by atoms with van der Waals surface area (Å²) in [6, 6.07) is 0. The van der Waals surface area contributed by atoms with Crippen LogP contribution in [0.5, 0.6) is 0 Å². The smallest absolute Gasteiger partial charge is 3.00 e. The average Bonchev–Trinajstić information content (AvgIpc) is 1.71. The monoisotopic (exact) mass is 526 g/mol. The molecule has 0 amide bonds. The second-order valence-electron chi connectivity index (χ2n) is 1.28. The van der Waals surface area contributed by atoms with Crippen LogP contribution in [0.2, 0.25) is 0 Å². The molecule has 0 unspecified atom stereocenters. The molecule has 0 rings (SSSR count). The van der Waals surface area contributed by atoms with Gasteiger partial charge in [-0.05, 0) is 0 Å². The van der Waals surface area contributed by atoms with Crippen molar-refractivity contribution < 1.29 is 99.8 Å². The van der Waals surface area contributed by atoms with Gasteiger partial charge in [0.1, 0.15) is 0 Å². The zero-order valence-electron chi connectivity index (χ0n) is 7.94. The molecule has 128 valence electrons. The summed E-state index contributed by atoms with van der Waals surface area (Å²) in [4.78, 5) is 0. The van der Waals surface area contributed by atoms with Gasteiger partial charge in [-0.2, -0.15) is 0 Å². The topological polar surface area (TPSA) is 241 Å². The van der Waals surface area contributed by atoms with Crippen molar-refractivity contribution in [2.24, 2.45) is 0 Å². The Kier molecular flexibility index (Phi) is 35.5. The summed E-state index contributed by atoms with van der Waals surface area (Å²) in [6.07, 6.45) is 0. The molecule has 0 atom stereocenters. The fourth-order valence-electron chi connectivity index (χ4n) is 0. The van der Waals surface area contributed by atoms with Crippen LogP contribution in [0.3, 0.4) is 0 Å². The number of rotatable bonds is 0. The first-order chi connectivity index (χ1) is 7.41. The molecule has 2 radical (unpaired) electrons. The van der Waals surface area contributed by atoms with Gasteiger partial charge in [0, 0.05) is 31.2 Å². The van der Waals surface area contributed by atoms with E-state index in [0.717, 1.165) is 0 Å². The zero-order valence-corrected chi connectivity index (χ0v) is 15.2. The van der Waals surface area contributed by atoms with Gasteiger partial charge in [0.15, 0.2) is 0 Å². The first-order valence-corrected chi connectivity index (χ1v) is 9.31. The Labute approximate surface area is 150 Å². The van der Waals surface area contributed by atoms with Gasteiger partial charge in [0.25, 0.3) is 0 Å². The largest absolute Gasteiger partial charge is 3.00 e. The molecule has 0 aliphatic heterocycles. The molecule has 0 saturated carbocycles. The minimum Gasteiger partial charge on any atom is 3.00 e. The molecular formula is Cl2Fe3O12S3. The van der Waals surface area contributed by atoms with Crippen LogP contribution in [0.15, 0.2) is 0 Å². The third-order valence-corrected chi connectivity index (χ3v) is 0. The Hall–Kier alpha value is 1.75. The van der Waals surface area contributed by atoms with Crippen molar-refractivity contribution in [1.29, 1.82) is 0 Å². The Morgan fingerprint density at radius 3 is 0.550 bits per heavy atom. The molecule has 0 aromatic heterocycles. The van der Waals surface area contributed by atoms with Crippen LogP contribution in [0, 0.1) is 0 Å². The Morgan fingerprint density at radius 2 is 0.550 bits per heavy atom. The maximum absolute atomic E-state index is 8.52. The fourth-order valence-corrected chi connectivity index (χ4v) is 0. The average molecular weight is 527 g/mol. The van der Waals surface area contributed by atoms with E-state index in [0.29, 0.717) is 0 Å². The van der Waals surface area contributed by atoms with Gasteiger partial charge in [0.05, 0.1) is 0 Å². The molecule has 12 nitrogen and oxygen atoms in total. The van der Waals surface area contributed by atoms with Crippen molar-refractivity contribution >= 4 is 51.4 Å². The molecule has 0 fully saturated rings. The van der Waals surface area contributed by atoms with Gasteiger partial charge >= 0.3 is 67.5 Å². The van der Waals surface area contributed by atoms with Gasteiger partial charge in [-0.25, -0.2) is 0 Å².